The van der Waals surface area contributed by atoms with Gasteiger partial charge in [-0.05, 0) is 70.2 Å². The molecule has 3 unspecified atom stereocenters. The fourth-order valence-electron chi connectivity index (χ4n) is 4.22. The van der Waals surface area contributed by atoms with Gasteiger partial charge in [-0.1, -0.05) is 0 Å². The summed E-state index contributed by atoms with van der Waals surface area (Å²) in [4.78, 5) is 35.8. The van der Waals surface area contributed by atoms with Crippen molar-refractivity contribution in [2.24, 2.45) is 11.8 Å². The average Bonchev–Trinajstić information content (AvgIpc) is 2.66. The number of aromatic nitrogens is 2. The molecule has 2 bridgehead atoms. The molecule has 2 amide bonds. The number of anilines is 1. The van der Waals surface area contributed by atoms with Crippen LogP contribution in [0.4, 0.5) is 10.6 Å². The van der Waals surface area contributed by atoms with E-state index in [1.54, 1.807) is 17.2 Å². The lowest BCUT2D eigenvalue weighted by molar-refractivity contribution is -0.127. The molecule has 2 aromatic rings. The second-order valence-corrected chi connectivity index (χ2v) is 8.70. The van der Waals surface area contributed by atoms with Crippen molar-refractivity contribution >= 4 is 28.9 Å². The molecule has 3 atom stereocenters. The highest BCUT2D eigenvalue weighted by atomic mass is 16.6. The molecule has 3 fully saturated rings. The molecule has 4 heterocycles. The van der Waals surface area contributed by atoms with Crippen LogP contribution in [-0.2, 0) is 9.53 Å². The third kappa shape index (κ3) is 3.79. The van der Waals surface area contributed by atoms with Gasteiger partial charge in [-0.15, -0.1) is 0 Å². The van der Waals surface area contributed by atoms with E-state index in [9.17, 15) is 9.59 Å². The molecule has 7 heteroatoms. The summed E-state index contributed by atoms with van der Waals surface area (Å²) in [6.45, 7) is 6.18. The topological polar surface area (TPSA) is 84.4 Å². The first-order chi connectivity index (χ1) is 13.3. The van der Waals surface area contributed by atoms with E-state index in [0.29, 0.717) is 24.4 Å². The van der Waals surface area contributed by atoms with Gasteiger partial charge in [0, 0.05) is 30.1 Å². The summed E-state index contributed by atoms with van der Waals surface area (Å²) in [5.41, 5.74) is 0.0990. The van der Waals surface area contributed by atoms with Gasteiger partial charge in [-0.25, -0.2) is 14.8 Å². The van der Waals surface area contributed by atoms with Crippen molar-refractivity contribution < 1.29 is 14.3 Å². The third-order valence-corrected chi connectivity index (χ3v) is 5.52. The minimum atomic E-state index is -0.514. The van der Waals surface area contributed by atoms with Crippen LogP contribution in [-0.4, -0.2) is 45.1 Å². The first kappa shape index (κ1) is 18.7. The van der Waals surface area contributed by atoms with E-state index in [4.69, 9.17) is 4.74 Å². The van der Waals surface area contributed by atoms with Gasteiger partial charge in [-0.3, -0.25) is 4.79 Å². The number of nitrogens with zero attached hydrogens (tertiary/aromatic N) is 3. The Kier molecular flexibility index (Phi) is 4.69. The van der Waals surface area contributed by atoms with E-state index >= 15 is 0 Å². The Morgan fingerprint density at radius 1 is 1.21 bits per heavy atom. The molecule has 2 saturated heterocycles. The van der Waals surface area contributed by atoms with Crippen molar-refractivity contribution in [1.82, 2.24) is 14.9 Å². The van der Waals surface area contributed by atoms with E-state index in [-0.39, 0.29) is 29.9 Å². The van der Waals surface area contributed by atoms with E-state index < -0.39 is 5.60 Å². The van der Waals surface area contributed by atoms with E-state index in [1.165, 1.54) is 0 Å². The number of amides is 2. The molecular weight excluding hydrogens is 356 g/mol. The second-order valence-electron chi connectivity index (χ2n) is 8.70. The Bertz CT molecular complexity index is 908. The summed E-state index contributed by atoms with van der Waals surface area (Å²) in [7, 11) is 0. The maximum Gasteiger partial charge on any atom is 0.410 e. The molecule has 7 nitrogen and oxygen atoms in total. The standard InChI is InChI=1S/C21H26N4O3/c1-21(2,3)28-20(27)25-12-14-6-8-15(25)11-16(14)19(26)24-17-9-7-13-5-4-10-22-18(13)23-17/h4-5,7,9-10,14-16H,6,8,11-12H2,1-3H3,(H,22,23,24,26). The van der Waals surface area contributed by atoms with Crippen LogP contribution in [0.25, 0.3) is 11.0 Å². The number of hydrogen-bond donors (Lipinski definition) is 1. The molecule has 1 N–H and O–H groups in total. The minimum absolute atomic E-state index is 0.0266. The minimum Gasteiger partial charge on any atom is -0.444 e. The van der Waals surface area contributed by atoms with Crippen LogP contribution in [0.1, 0.15) is 40.0 Å². The molecule has 5 rings (SSSR count). The molecule has 2 aliphatic heterocycles. The van der Waals surface area contributed by atoms with Crippen LogP contribution < -0.4 is 5.32 Å². The number of pyridine rings is 2. The van der Waals surface area contributed by atoms with Crippen LogP contribution in [0.2, 0.25) is 0 Å². The first-order valence-corrected chi connectivity index (χ1v) is 9.82. The van der Waals surface area contributed by atoms with Gasteiger partial charge in [0.05, 0.1) is 0 Å². The van der Waals surface area contributed by atoms with Gasteiger partial charge in [0.25, 0.3) is 0 Å². The number of hydrogen-bond acceptors (Lipinski definition) is 5. The third-order valence-electron chi connectivity index (χ3n) is 5.52. The second kappa shape index (κ2) is 7.04. The Balaban J connectivity index is 1.43. The Morgan fingerprint density at radius 2 is 2.04 bits per heavy atom. The Morgan fingerprint density at radius 3 is 2.75 bits per heavy atom. The summed E-state index contributed by atoms with van der Waals surface area (Å²) in [6.07, 6.45) is 3.96. The number of piperidine rings is 2. The summed E-state index contributed by atoms with van der Waals surface area (Å²) >= 11 is 0. The van der Waals surface area contributed by atoms with Crippen molar-refractivity contribution in [2.75, 3.05) is 11.9 Å². The van der Waals surface area contributed by atoms with E-state index in [2.05, 4.69) is 15.3 Å². The van der Waals surface area contributed by atoms with Crippen LogP contribution in [0.3, 0.4) is 0 Å². The molecule has 0 spiro atoms. The van der Waals surface area contributed by atoms with Crippen molar-refractivity contribution in [3.05, 3.63) is 30.5 Å². The number of rotatable bonds is 2. The zero-order valence-corrected chi connectivity index (χ0v) is 16.5. The molecule has 2 aromatic heterocycles. The molecule has 3 aliphatic rings. The number of carbonyl (C=O) groups is 2. The number of ether oxygens (including phenoxy) is 1. The van der Waals surface area contributed by atoms with Gasteiger partial charge in [0.15, 0.2) is 5.65 Å². The lowest BCUT2D eigenvalue weighted by atomic mass is 9.71. The summed E-state index contributed by atoms with van der Waals surface area (Å²) in [6, 6.07) is 7.56. The summed E-state index contributed by atoms with van der Waals surface area (Å²) in [5.74, 6) is 0.526. The summed E-state index contributed by atoms with van der Waals surface area (Å²) in [5, 5.41) is 3.88. The highest BCUT2D eigenvalue weighted by molar-refractivity contribution is 5.93. The van der Waals surface area contributed by atoms with Crippen LogP contribution in [0, 0.1) is 11.8 Å². The number of nitrogens with one attached hydrogen (secondary N) is 1. The van der Waals surface area contributed by atoms with Crippen LogP contribution in [0.5, 0.6) is 0 Å². The normalized spacial score (nSPS) is 24.2. The zero-order chi connectivity index (χ0) is 19.9. The quantitative estimate of drug-likeness (QED) is 0.858. The molecule has 28 heavy (non-hydrogen) atoms. The van der Waals surface area contributed by atoms with E-state index in [0.717, 1.165) is 18.2 Å². The Hall–Kier alpha value is -2.70. The molecule has 0 aromatic carbocycles. The van der Waals surface area contributed by atoms with Crippen molar-refractivity contribution in [1.29, 1.82) is 0 Å². The van der Waals surface area contributed by atoms with E-state index in [1.807, 2.05) is 39.0 Å². The average molecular weight is 382 g/mol. The number of fused-ring (bicyclic) bond motifs is 4. The van der Waals surface area contributed by atoms with Crippen molar-refractivity contribution in [2.45, 2.75) is 51.7 Å². The maximum absolute atomic E-state index is 12.9. The molecule has 148 valence electrons. The molecule has 1 saturated carbocycles. The lowest BCUT2D eigenvalue weighted by Crippen LogP contribution is -2.57. The van der Waals surface area contributed by atoms with Crippen molar-refractivity contribution in [3.8, 4) is 0 Å². The monoisotopic (exact) mass is 382 g/mol. The smallest absolute Gasteiger partial charge is 0.410 e. The maximum atomic E-state index is 12.9. The molecular formula is C21H26N4O3. The van der Waals surface area contributed by atoms with Gasteiger partial charge in [-0.2, -0.15) is 0 Å². The van der Waals surface area contributed by atoms with Crippen LogP contribution >= 0.6 is 0 Å². The van der Waals surface area contributed by atoms with Crippen LogP contribution in [0.15, 0.2) is 30.5 Å². The summed E-state index contributed by atoms with van der Waals surface area (Å²) < 4.78 is 5.53. The largest absolute Gasteiger partial charge is 0.444 e. The molecule has 0 radical (unpaired) electrons. The molecule has 1 aliphatic carbocycles. The van der Waals surface area contributed by atoms with Gasteiger partial charge >= 0.3 is 6.09 Å². The van der Waals surface area contributed by atoms with Gasteiger partial charge < -0.3 is 15.0 Å². The number of carbonyl (C=O) groups excluding carboxylic acids is 2. The van der Waals surface area contributed by atoms with Crippen molar-refractivity contribution in [3.63, 3.8) is 0 Å². The zero-order valence-electron chi connectivity index (χ0n) is 16.5. The fourth-order valence-corrected chi connectivity index (χ4v) is 4.22. The van der Waals surface area contributed by atoms with Gasteiger partial charge in [0.2, 0.25) is 5.91 Å². The predicted molar refractivity (Wildman–Crippen MR) is 106 cm³/mol. The predicted octanol–water partition coefficient (Wildman–Crippen LogP) is 3.60. The SMILES string of the molecule is CC(C)(C)OC(=O)N1CC2CCC1CC2C(=O)Nc1ccc2cccnc2n1. The fraction of sp³-hybridized carbons (Fsp3) is 0.524. The highest BCUT2D eigenvalue weighted by Gasteiger charge is 2.46. The lowest BCUT2D eigenvalue weighted by Gasteiger charge is -2.48. The first-order valence-electron chi connectivity index (χ1n) is 9.82. The Labute approximate surface area is 164 Å². The van der Waals surface area contributed by atoms with Gasteiger partial charge in [0.1, 0.15) is 11.4 Å². The highest BCUT2D eigenvalue weighted by Crippen LogP contribution is 2.40.